The number of carbonyl (C=O) groups is 1. The highest BCUT2D eigenvalue weighted by Crippen LogP contribution is 2.33. The van der Waals surface area contributed by atoms with E-state index < -0.39 is 17.2 Å². The van der Waals surface area contributed by atoms with Gasteiger partial charge in [-0.05, 0) is 0 Å². The van der Waals surface area contributed by atoms with Crippen LogP contribution >= 0.6 is 11.3 Å². The first-order chi connectivity index (χ1) is 11.7. The molecule has 1 N–H and O–H groups in total. The number of hydrogen-bond donors (Lipinski definition) is 1. The minimum atomic E-state index is -4.57. The lowest BCUT2D eigenvalue weighted by atomic mass is 10.1. The van der Waals surface area contributed by atoms with Gasteiger partial charge < -0.3 is 9.47 Å². The summed E-state index contributed by atoms with van der Waals surface area (Å²) < 4.78 is 39.7. The molecule has 2 aromatic rings. The highest BCUT2D eigenvalue weighted by molar-refractivity contribution is 7.15. The molecule has 0 aromatic carbocycles. The Kier molecular flexibility index (Phi) is 4.43. The van der Waals surface area contributed by atoms with E-state index in [0.29, 0.717) is 30.8 Å². The Bertz CT molecular complexity index is 797. The summed E-state index contributed by atoms with van der Waals surface area (Å²) >= 11 is 0.303. The van der Waals surface area contributed by atoms with Crippen molar-refractivity contribution in [1.82, 2.24) is 24.6 Å². The second-order valence-corrected chi connectivity index (χ2v) is 7.07. The number of halogens is 3. The van der Waals surface area contributed by atoms with Crippen LogP contribution in [0.15, 0.2) is 0 Å². The lowest BCUT2D eigenvalue weighted by molar-refractivity contribution is -0.138. The second-order valence-electron chi connectivity index (χ2n) is 6.09. The lowest BCUT2D eigenvalue weighted by Gasteiger charge is -2.26. The van der Waals surface area contributed by atoms with E-state index in [1.165, 1.54) is 4.90 Å². The van der Waals surface area contributed by atoms with E-state index in [-0.39, 0.29) is 11.0 Å². The van der Waals surface area contributed by atoms with Crippen LogP contribution in [0.25, 0.3) is 0 Å². The first-order valence-electron chi connectivity index (χ1n) is 7.67. The Morgan fingerprint density at radius 1 is 1.32 bits per heavy atom. The molecule has 0 unspecified atom stereocenters. The van der Waals surface area contributed by atoms with Crippen LogP contribution < -0.4 is 5.32 Å². The Labute approximate surface area is 145 Å². The number of aromatic nitrogens is 4. The monoisotopic (exact) mass is 374 g/mol. The molecule has 25 heavy (non-hydrogen) atoms. The van der Waals surface area contributed by atoms with Gasteiger partial charge in [-0.15, -0.1) is 10.2 Å². The molecule has 0 atom stereocenters. The van der Waals surface area contributed by atoms with E-state index in [1.54, 1.807) is 0 Å². The van der Waals surface area contributed by atoms with Crippen LogP contribution in [0.2, 0.25) is 0 Å². The fraction of sp³-hybridized carbons (Fsp3) is 0.571. The molecule has 7 nitrogen and oxygen atoms in total. The third-order valence-corrected chi connectivity index (χ3v) is 4.86. The minimum Gasteiger partial charge on any atom is -0.334 e. The van der Waals surface area contributed by atoms with Crippen molar-refractivity contribution in [3.63, 3.8) is 0 Å². The number of alkyl halides is 3. The summed E-state index contributed by atoms with van der Waals surface area (Å²) in [6, 6.07) is -0.507. The normalized spacial score (nSPS) is 14.8. The third kappa shape index (κ3) is 3.46. The van der Waals surface area contributed by atoms with Crippen LogP contribution in [-0.4, -0.2) is 37.2 Å². The number of rotatable bonds is 2. The highest BCUT2D eigenvalue weighted by atomic mass is 32.1. The van der Waals surface area contributed by atoms with Gasteiger partial charge in [-0.2, -0.15) is 13.2 Å². The zero-order chi connectivity index (χ0) is 18.4. The van der Waals surface area contributed by atoms with Crippen molar-refractivity contribution in [2.45, 2.75) is 38.9 Å². The molecule has 0 aliphatic carbocycles. The summed E-state index contributed by atoms with van der Waals surface area (Å²) in [4.78, 5) is 18.4. The molecular weight excluding hydrogens is 357 g/mol. The number of nitrogens with zero attached hydrogens (tertiary/aromatic N) is 5. The van der Waals surface area contributed by atoms with Gasteiger partial charge in [-0.1, -0.05) is 25.2 Å². The zero-order valence-corrected chi connectivity index (χ0v) is 14.7. The predicted molar refractivity (Wildman–Crippen MR) is 85.3 cm³/mol. The first kappa shape index (κ1) is 17.6. The van der Waals surface area contributed by atoms with E-state index in [0.717, 1.165) is 17.2 Å². The number of nitrogens with one attached hydrogen (secondary N) is 1. The van der Waals surface area contributed by atoms with Gasteiger partial charge >= 0.3 is 12.2 Å². The van der Waals surface area contributed by atoms with E-state index in [1.807, 2.05) is 20.9 Å². The van der Waals surface area contributed by atoms with Gasteiger partial charge in [-0.3, -0.25) is 5.32 Å². The largest absolute Gasteiger partial charge is 0.445 e. The van der Waals surface area contributed by atoms with Gasteiger partial charge in [-0.25, -0.2) is 9.78 Å². The maximum atomic E-state index is 12.5. The fourth-order valence-electron chi connectivity index (χ4n) is 2.80. The average Bonchev–Trinajstić information content (AvgIpc) is 3.11. The number of fused-ring (bicyclic) bond motifs is 1. The standard InChI is InChI=1S/C14H17F3N6OS/c1-7(2)10-18-8-6-23(5-4-9(8)22(10)3)13(24)19-12-21-20-11(25-12)14(15,16)17/h7H,4-6H2,1-3H3,(H,19,21,24). The van der Waals surface area contributed by atoms with Crippen molar-refractivity contribution >= 4 is 22.5 Å². The van der Waals surface area contributed by atoms with Crippen molar-refractivity contribution in [3.8, 4) is 0 Å². The van der Waals surface area contributed by atoms with Crippen LogP contribution in [0, 0.1) is 0 Å². The van der Waals surface area contributed by atoms with E-state index >= 15 is 0 Å². The fourth-order valence-corrected chi connectivity index (χ4v) is 3.40. The van der Waals surface area contributed by atoms with Crippen molar-refractivity contribution < 1.29 is 18.0 Å². The molecule has 136 valence electrons. The van der Waals surface area contributed by atoms with Crippen molar-refractivity contribution in [2.24, 2.45) is 7.05 Å². The van der Waals surface area contributed by atoms with Gasteiger partial charge in [0.15, 0.2) is 0 Å². The SMILES string of the molecule is CC(C)c1nc2c(n1C)CCN(C(=O)Nc1nnc(C(F)(F)F)s1)C2. The number of urea groups is 1. The first-order valence-corrected chi connectivity index (χ1v) is 8.49. The molecule has 1 aliphatic heterocycles. The summed E-state index contributed by atoms with van der Waals surface area (Å²) in [5.41, 5.74) is 1.91. The summed E-state index contributed by atoms with van der Waals surface area (Å²) in [6.45, 7) is 4.87. The molecule has 11 heteroatoms. The summed E-state index contributed by atoms with van der Waals surface area (Å²) in [6.07, 6.45) is -3.93. The lowest BCUT2D eigenvalue weighted by Crippen LogP contribution is -2.39. The number of amides is 2. The van der Waals surface area contributed by atoms with E-state index in [2.05, 4.69) is 25.1 Å². The van der Waals surface area contributed by atoms with Gasteiger partial charge in [0.05, 0.1) is 12.2 Å². The average molecular weight is 374 g/mol. The molecule has 3 rings (SSSR count). The molecule has 0 fully saturated rings. The van der Waals surface area contributed by atoms with Crippen LogP contribution in [-0.2, 0) is 26.2 Å². The molecule has 1 aliphatic rings. The molecule has 0 spiro atoms. The highest BCUT2D eigenvalue weighted by Gasteiger charge is 2.36. The Morgan fingerprint density at radius 2 is 2.04 bits per heavy atom. The summed E-state index contributed by atoms with van der Waals surface area (Å²) in [5.74, 6) is 1.21. The Balaban J connectivity index is 1.70. The third-order valence-electron chi connectivity index (χ3n) is 3.98. The van der Waals surface area contributed by atoms with E-state index in [9.17, 15) is 18.0 Å². The molecule has 2 aromatic heterocycles. The van der Waals surface area contributed by atoms with Crippen LogP contribution in [0.4, 0.5) is 23.1 Å². The maximum absolute atomic E-state index is 12.5. The maximum Gasteiger partial charge on any atom is 0.445 e. The Morgan fingerprint density at radius 3 is 2.64 bits per heavy atom. The number of imidazole rings is 1. The van der Waals surface area contributed by atoms with Crippen LogP contribution in [0.3, 0.4) is 0 Å². The Hall–Kier alpha value is -2.17. The summed E-state index contributed by atoms with van der Waals surface area (Å²) in [5, 5.41) is 7.54. The number of hydrogen-bond acceptors (Lipinski definition) is 5. The molecule has 0 saturated heterocycles. The zero-order valence-electron chi connectivity index (χ0n) is 13.9. The number of carbonyl (C=O) groups excluding carboxylic acids is 1. The number of anilines is 1. The summed E-state index contributed by atoms with van der Waals surface area (Å²) in [7, 11) is 1.96. The van der Waals surface area contributed by atoms with Crippen molar-refractivity contribution in [1.29, 1.82) is 0 Å². The molecule has 3 heterocycles. The predicted octanol–water partition coefficient (Wildman–Crippen LogP) is 3.00. The van der Waals surface area contributed by atoms with Crippen LogP contribution in [0.5, 0.6) is 0 Å². The molecule has 0 saturated carbocycles. The van der Waals surface area contributed by atoms with Gasteiger partial charge in [0.2, 0.25) is 10.1 Å². The molecule has 0 bridgehead atoms. The van der Waals surface area contributed by atoms with Crippen molar-refractivity contribution in [2.75, 3.05) is 11.9 Å². The molecular formula is C14H17F3N6OS. The second kappa shape index (κ2) is 6.28. The van der Waals surface area contributed by atoms with Gasteiger partial charge in [0.1, 0.15) is 5.82 Å². The van der Waals surface area contributed by atoms with Gasteiger partial charge in [0.25, 0.3) is 0 Å². The molecule has 2 amide bonds. The van der Waals surface area contributed by atoms with Crippen LogP contribution in [0.1, 0.15) is 42.0 Å². The van der Waals surface area contributed by atoms with Gasteiger partial charge in [0, 0.05) is 31.6 Å². The van der Waals surface area contributed by atoms with Crippen molar-refractivity contribution in [3.05, 3.63) is 22.2 Å². The topological polar surface area (TPSA) is 75.9 Å². The van der Waals surface area contributed by atoms with E-state index in [4.69, 9.17) is 0 Å². The molecule has 0 radical (unpaired) electrons. The minimum absolute atomic E-state index is 0.174. The smallest absolute Gasteiger partial charge is 0.334 e. The quantitative estimate of drug-likeness (QED) is 0.877.